The molecule has 0 N–H and O–H groups in total. The van der Waals surface area contributed by atoms with Gasteiger partial charge in [0.1, 0.15) is 0 Å². The molecule has 5 heteroatoms. The van der Waals surface area contributed by atoms with Crippen LogP contribution in [0.4, 0.5) is 0 Å². The van der Waals surface area contributed by atoms with E-state index in [9.17, 15) is 4.79 Å². The zero-order valence-corrected chi connectivity index (χ0v) is 15.8. The van der Waals surface area contributed by atoms with Crippen molar-refractivity contribution < 1.29 is 4.79 Å². The standard InChI is InChI=1S/C21H23N3OS/c1-23-19-11-4-3-10-18(19)22-21(23)26-15-16-8-7-9-17(14-16)20(25)24-12-5-2-6-13-24/h3-4,7-11,14H,2,5-6,12-13,15H2,1H3. The van der Waals surface area contributed by atoms with Crippen molar-refractivity contribution in [2.24, 2.45) is 7.05 Å². The quantitative estimate of drug-likeness (QED) is 0.639. The summed E-state index contributed by atoms with van der Waals surface area (Å²) < 4.78 is 2.13. The summed E-state index contributed by atoms with van der Waals surface area (Å²) in [5, 5.41) is 0.999. The van der Waals surface area contributed by atoms with Gasteiger partial charge < -0.3 is 9.47 Å². The number of nitrogens with zero attached hydrogens (tertiary/aromatic N) is 3. The lowest BCUT2D eigenvalue weighted by Crippen LogP contribution is -2.35. The number of benzene rings is 2. The number of para-hydroxylation sites is 2. The van der Waals surface area contributed by atoms with E-state index in [-0.39, 0.29) is 5.91 Å². The average Bonchev–Trinajstić information content (AvgIpc) is 3.03. The van der Waals surface area contributed by atoms with E-state index in [1.807, 2.05) is 48.3 Å². The molecular formula is C21H23N3OS. The number of hydrogen-bond donors (Lipinski definition) is 0. The van der Waals surface area contributed by atoms with Crippen molar-refractivity contribution in [2.75, 3.05) is 13.1 Å². The third-order valence-electron chi connectivity index (χ3n) is 4.93. The van der Waals surface area contributed by atoms with Crippen molar-refractivity contribution in [1.82, 2.24) is 14.5 Å². The van der Waals surface area contributed by atoms with Crippen LogP contribution in [-0.2, 0) is 12.8 Å². The highest BCUT2D eigenvalue weighted by Gasteiger charge is 2.18. The number of carbonyl (C=O) groups excluding carboxylic acids is 1. The second kappa shape index (κ2) is 7.54. The Morgan fingerprint density at radius 3 is 2.69 bits per heavy atom. The van der Waals surface area contributed by atoms with E-state index in [1.165, 1.54) is 6.42 Å². The average molecular weight is 366 g/mol. The number of rotatable bonds is 4. The first-order valence-corrected chi connectivity index (χ1v) is 10.1. The van der Waals surface area contributed by atoms with Crippen molar-refractivity contribution in [3.8, 4) is 0 Å². The molecule has 1 fully saturated rings. The highest BCUT2D eigenvalue weighted by molar-refractivity contribution is 7.98. The first-order chi connectivity index (χ1) is 12.7. The molecule has 0 spiro atoms. The smallest absolute Gasteiger partial charge is 0.253 e. The molecule has 26 heavy (non-hydrogen) atoms. The van der Waals surface area contributed by atoms with Crippen molar-refractivity contribution in [3.05, 3.63) is 59.7 Å². The van der Waals surface area contributed by atoms with Gasteiger partial charge in [0, 0.05) is 31.5 Å². The van der Waals surface area contributed by atoms with Crippen LogP contribution in [0.5, 0.6) is 0 Å². The normalized spacial score (nSPS) is 14.7. The van der Waals surface area contributed by atoms with E-state index in [0.29, 0.717) is 0 Å². The van der Waals surface area contributed by atoms with Crippen molar-refractivity contribution in [2.45, 2.75) is 30.2 Å². The summed E-state index contributed by atoms with van der Waals surface area (Å²) in [7, 11) is 2.05. The Kier molecular flexibility index (Phi) is 4.98. The Balaban J connectivity index is 1.48. The van der Waals surface area contributed by atoms with Crippen LogP contribution in [0.3, 0.4) is 0 Å². The molecule has 0 bridgehead atoms. The maximum Gasteiger partial charge on any atom is 0.253 e. The molecule has 2 aromatic carbocycles. The zero-order valence-electron chi connectivity index (χ0n) is 15.0. The molecular weight excluding hydrogens is 342 g/mol. The summed E-state index contributed by atoms with van der Waals surface area (Å²) in [4.78, 5) is 19.4. The zero-order chi connectivity index (χ0) is 17.9. The summed E-state index contributed by atoms with van der Waals surface area (Å²) in [5.74, 6) is 0.970. The van der Waals surface area contributed by atoms with Gasteiger partial charge in [0.25, 0.3) is 5.91 Å². The maximum atomic E-state index is 12.7. The molecule has 4 nitrogen and oxygen atoms in total. The third kappa shape index (κ3) is 3.49. The summed E-state index contributed by atoms with van der Waals surface area (Å²) in [6.45, 7) is 1.77. The molecule has 1 aliphatic rings. The summed E-state index contributed by atoms with van der Waals surface area (Å²) >= 11 is 1.71. The van der Waals surface area contributed by atoms with Crippen LogP contribution in [0.25, 0.3) is 11.0 Å². The van der Waals surface area contributed by atoms with Gasteiger partial charge in [-0.1, -0.05) is 36.0 Å². The number of thioether (sulfide) groups is 1. The van der Waals surface area contributed by atoms with Gasteiger partial charge in [-0.2, -0.15) is 0 Å². The van der Waals surface area contributed by atoms with E-state index in [1.54, 1.807) is 11.8 Å². The largest absolute Gasteiger partial charge is 0.339 e. The number of fused-ring (bicyclic) bond motifs is 1. The molecule has 0 atom stereocenters. The molecule has 1 aromatic heterocycles. The van der Waals surface area contributed by atoms with Gasteiger partial charge in [0.05, 0.1) is 11.0 Å². The molecule has 3 aromatic rings. The first kappa shape index (κ1) is 17.2. The van der Waals surface area contributed by atoms with Crippen LogP contribution in [0.15, 0.2) is 53.7 Å². The van der Waals surface area contributed by atoms with Gasteiger partial charge in [-0.25, -0.2) is 4.98 Å². The first-order valence-electron chi connectivity index (χ1n) is 9.15. The number of aryl methyl sites for hydroxylation is 1. The Bertz CT molecular complexity index is 928. The maximum absolute atomic E-state index is 12.7. The van der Waals surface area contributed by atoms with Gasteiger partial charge in [0.2, 0.25) is 0 Å². The molecule has 134 valence electrons. The molecule has 2 heterocycles. The van der Waals surface area contributed by atoms with Crippen LogP contribution in [0.2, 0.25) is 0 Å². The lowest BCUT2D eigenvalue weighted by atomic mass is 10.1. The van der Waals surface area contributed by atoms with Gasteiger partial charge in [0.15, 0.2) is 5.16 Å². The van der Waals surface area contributed by atoms with Gasteiger partial charge in [-0.3, -0.25) is 4.79 Å². The fraction of sp³-hybridized carbons (Fsp3) is 0.333. The van der Waals surface area contributed by atoms with Gasteiger partial charge in [-0.15, -0.1) is 0 Å². The van der Waals surface area contributed by atoms with E-state index < -0.39 is 0 Å². The molecule has 1 saturated heterocycles. The molecule has 0 radical (unpaired) electrons. The van der Waals surface area contributed by atoms with E-state index in [2.05, 4.69) is 16.7 Å². The predicted molar refractivity (Wildman–Crippen MR) is 106 cm³/mol. The Morgan fingerprint density at radius 1 is 1.08 bits per heavy atom. The second-order valence-corrected chi connectivity index (χ2v) is 7.73. The van der Waals surface area contributed by atoms with Crippen molar-refractivity contribution >= 4 is 28.7 Å². The SMILES string of the molecule is Cn1c(SCc2cccc(C(=O)N3CCCCC3)c2)nc2ccccc21. The fourth-order valence-corrected chi connectivity index (χ4v) is 4.40. The molecule has 0 aliphatic carbocycles. The van der Waals surface area contributed by atoms with Crippen LogP contribution in [-0.4, -0.2) is 33.4 Å². The number of likely N-dealkylation sites (tertiary alicyclic amines) is 1. The highest BCUT2D eigenvalue weighted by Crippen LogP contribution is 2.26. The predicted octanol–water partition coefficient (Wildman–Crippen LogP) is 4.49. The molecule has 0 saturated carbocycles. The Hall–Kier alpha value is -2.27. The second-order valence-electron chi connectivity index (χ2n) is 6.78. The topological polar surface area (TPSA) is 38.1 Å². The molecule has 1 amide bonds. The number of piperidine rings is 1. The van der Waals surface area contributed by atoms with E-state index in [0.717, 1.165) is 59.0 Å². The van der Waals surface area contributed by atoms with Crippen LogP contribution in [0.1, 0.15) is 35.2 Å². The monoisotopic (exact) mass is 365 g/mol. The minimum absolute atomic E-state index is 0.166. The third-order valence-corrected chi connectivity index (χ3v) is 6.03. The van der Waals surface area contributed by atoms with E-state index in [4.69, 9.17) is 4.98 Å². The number of imidazole rings is 1. The minimum atomic E-state index is 0.166. The van der Waals surface area contributed by atoms with Crippen LogP contribution >= 0.6 is 11.8 Å². The number of amides is 1. The number of aromatic nitrogens is 2. The molecule has 0 unspecified atom stereocenters. The van der Waals surface area contributed by atoms with Crippen LogP contribution in [0, 0.1) is 0 Å². The van der Waals surface area contributed by atoms with Gasteiger partial charge in [-0.05, 0) is 49.1 Å². The van der Waals surface area contributed by atoms with Crippen molar-refractivity contribution in [1.29, 1.82) is 0 Å². The van der Waals surface area contributed by atoms with Gasteiger partial charge >= 0.3 is 0 Å². The Labute approximate surface area is 158 Å². The summed E-state index contributed by atoms with van der Waals surface area (Å²) in [5.41, 5.74) is 4.12. The molecule has 1 aliphatic heterocycles. The molecule has 4 rings (SSSR count). The lowest BCUT2D eigenvalue weighted by molar-refractivity contribution is 0.0724. The van der Waals surface area contributed by atoms with Crippen molar-refractivity contribution in [3.63, 3.8) is 0 Å². The Morgan fingerprint density at radius 2 is 1.88 bits per heavy atom. The lowest BCUT2D eigenvalue weighted by Gasteiger charge is -2.26. The highest BCUT2D eigenvalue weighted by atomic mass is 32.2. The van der Waals surface area contributed by atoms with Crippen LogP contribution < -0.4 is 0 Å². The number of carbonyl (C=O) groups is 1. The summed E-state index contributed by atoms with van der Waals surface area (Å²) in [6.07, 6.45) is 3.47. The summed E-state index contributed by atoms with van der Waals surface area (Å²) in [6, 6.07) is 16.2. The number of hydrogen-bond acceptors (Lipinski definition) is 3. The van der Waals surface area contributed by atoms with E-state index >= 15 is 0 Å². The minimum Gasteiger partial charge on any atom is -0.339 e. The fourth-order valence-electron chi connectivity index (χ4n) is 3.47.